The van der Waals surface area contributed by atoms with Crippen molar-refractivity contribution in [2.75, 3.05) is 18.4 Å². The number of rotatable bonds is 5. The smallest absolute Gasteiger partial charge is 0.260 e. The van der Waals surface area contributed by atoms with Crippen molar-refractivity contribution in [1.82, 2.24) is 19.5 Å². The number of fused-ring (bicyclic) bond motifs is 1. The summed E-state index contributed by atoms with van der Waals surface area (Å²) in [4.78, 5) is 31.1. The molecule has 0 radical (unpaired) electrons. The van der Waals surface area contributed by atoms with Crippen molar-refractivity contribution >= 4 is 46.4 Å². The number of nitrogens with zero attached hydrogens (tertiary/aromatic N) is 4. The number of halogens is 2. The first-order valence-electron chi connectivity index (χ1n) is 8.25. The summed E-state index contributed by atoms with van der Waals surface area (Å²) in [6, 6.07) is 6.66. The zero-order valence-electron chi connectivity index (χ0n) is 14.7. The van der Waals surface area contributed by atoms with Gasteiger partial charge < -0.3 is 10.2 Å². The van der Waals surface area contributed by atoms with Crippen molar-refractivity contribution in [2.45, 2.75) is 13.8 Å². The Kier molecular flexibility index (Phi) is 5.62. The van der Waals surface area contributed by atoms with Gasteiger partial charge in [0.05, 0.1) is 21.4 Å². The number of nitrogens with one attached hydrogen (secondary N) is 1. The monoisotopic (exact) mass is 405 g/mol. The van der Waals surface area contributed by atoms with Crippen molar-refractivity contribution in [2.24, 2.45) is 0 Å². The summed E-state index contributed by atoms with van der Waals surface area (Å²) in [7, 11) is 0. The fourth-order valence-electron chi connectivity index (χ4n) is 2.70. The molecule has 1 N–H and O–H groups in total. The second-order valence-corrected chi connectivity index (χ2v) is 6.63. The molecule has 9 heteroatoms. The van der Waals surface area contributed by atoms with E-state index in [0.29, 0.717) is 39.2 Å². The van der Waals surface area contributed by atoms with Gasteiger partial charge >= 0.3 is 0 Å². The summed E-state index contributed by atoms with van der Waals surface area (Å²) >= 11 is 12.1. The van der Waals surface area contributed by atoms with Crippen LogP contribution in [0.25, 0.3) is 5.65 Å². The Labute approximate surface area is 165 Å². The lowest BCUT2D eigenvalue weighted by Gasteiger charge is -2.20. The summed E-state index contributed by atoms with van der Waals surface area (Å²) in [6.45, 7) is 3.72. The molecule has 140 valence electrons. The van der Waals surface area contributed by atoms with E-state index >= 15 is 0 Å². The van der Waals surface area contributed by atoms with E-state index in [4.69, 9.17) is 23.2 Å². The van der Waals surface area contributed by atoms with Crippen molar-refractivity contribution in [1.29, 1.82) is 0 Å². The molecule has 0 atom stereocenters. The first-order valence-corrected chi connectivity index (χ1v) is 9.01. The van der Waals surface area contributed by atoms with Crippen LogP contribution in [-0.4, -0.2) is 44.4 Å². The molecule has 0 saturated carbocycles. The molecule has 2 aromatic heterocycles. The van der Waals surface area contributed by atoms with Crippen LogP contribution in [0.1, 0.15) is 23.0 Å². The Morgan fingerprint density at radius 1 is 1.22 bits per heavy atom. The Bertz CT molecular complexity index is 998. The Balaban J connectivity index is 1.81. The van der Waals surface area contributed by atoms with Crippen LogP contribution in [0.15, 0.2) is 36.7 Å². The van der Waals surface area contributed by atoms with E-state index in [0.717, 1.165) is 0 Å². The molecule has 0 fully saturated rings. The summed E-state index contributed by atoms with van der Waals surface area (Å²) in [6.07, 6.45) is 3.31. The van der Waals surface area contributed by atoms with Gasteiger partial charge in [0.2, 0.25) is 5.91 Å². The summed E-state index contributed by atoms with van der Waals surface area (Å²) in [5.41, 5.74) is 1.70. The third kappa shape index (κ3) is 3.89. The van der Waals surface area contributed by atoms with Crippen LogP contribution in [0.4, 0.5) is 5.69 Å². The van der Waals surface area contributed by atoms with Crippen LogP contribution < -0.4 is 5.32 Å². The van der Waals surface area contributed by atoms with Gasteiger partial charge in [0, 0.05) is 18.9 Å². The minimum absolute atomic E-state index is 0.152. The van der Waals surface area contributed by atoms with Crippen LogP contribution in [0.3, 0.4) is 0 Å². The molecule has 3 rings (SSSR count). The van der Waals surface area contributed by atoms with Crippen molar-refractivity contribution < 1.29 is 9.59 Å². The van der Waals surface area contributed by atoms with Gasteiger partial charge in [0.1, 0.15) is 12.1 Å². The molecule has 0 bridgehead atoms. The van der Waals surface area contributed by atoms with Crippen molar-refractivity contribution in [3.63, 3.8) is 0 Å². The maximum absolute atomic E-state index is 13.0. The third-order valence-electron chi connectivity index (χ3n) is 4.01. The highest BCUT2D eigenvalue weighted by Gasteiger charge is 2.24. The standard InChI is InChI=1S/C18H17Cl2N5O2/c1-3-24(10-14(26)22-16-12(19)6-4-7-13(16)20)18(27)15-11(2)23-25-9-5-8-21-17(15)25/h4-9H,3,10H2,1-2H3,(H,22,26). The molecular formula is C18H17Cl2N5O2. The van der Waals surface area contributed by atoms with E-state index in [1.54, 1.807) is 55.0 Å². The van der Waals surface area contributed by atoms with Gasteiger partial charge in [-0.05, 0) is 32.0 Å². The minimum Gasteiger partial charge on any atom is -0.329 e. The van der Waals surface area contributed by atoms with Gasteiger partial charge in [-0.25, -0.2) is 9.50 Å². The van der Waals surface area contributed by atoms with Gasteiger partial charge in [-0.2, -0.15) is 5.10 Å². The number of aromatic nitrogens is 3. The first-order chi connectivity index (χ1) is 12.9. The Morgan fingerprint density at radius 2 is 1.93 bits per heavy atom. The fraction of sp³-hybridized carbons (Fsp3) is 0.222. The minimum atomic E-state index is -0.401. The molecule has 2 heterocycles. The van der Waals surface area contributed by atoms with Gasteiger partial charge in [-0.1, -0.05) is 29.3 Å². The fourth-order valence-corrected chi connectivity index (χ4v) is 3.19. The third-order valence-corrected chi connectivity index (χ3v) is 4.64. The Hall–Kier alpha value is -2.64. The molecule has 0 aliphatic carbocycles. The number of hydrogen-bond acceptors (Lipinski definition) is 4. The number of aryl methyl sites for hydroxylation is 1. The van der Waals surface area contributed by atoms with E-state index in [9.17, 15) is 9.59 Å². The van der Waals surface area contributed by atoms with Crippen molar-refractivity contribution in [3.8, 4) is 0 Å². The zero-order chi connectivity index (χ0) is 19.6. The second-order valence-electron chi connectivity index (χ2n) is 5.81. The second kappa shape index (κ2) is 7.94. The van der Waals surface area contributed by atoms with Crippen LogP contribution >= 0.6 is 23.2 Å². The molecule has 0 aliphatic rings. The van der Waals surface area contributed by atoms with E-state index < -0.39 is 5.91 Å². The summed E-state index contributed by atoms with van der Waals surface area (Å²) in [5.74, 6) is -0.716. The lowest BCUT2D eigenvalue weighted by atomic mass is 10.2. The molecule has 27 heavy (non-hydrogen) atoms. The number of likely N-dealkylation sites (N-methyl/N-ethyl adjacent to an activating group) is 1. The number of carbonyl (C=O) groups is 2. The van der Waals surface area contributed by atoms with Gasteiger partial charge in [0.15, 0.2) is 5.65 Å². The van der Waals surface area contributed by atoms with Crippen LogP contribution in [0.5, 0.6) is 0 Å². The lowest BCUT2D eigenvalue weighted by molar-refractivity contribution is -0.116. The van der Waals surface area contributed by atoms with E-state index in [-0.39, 0.29) is 12.5 Å². The van der Waals surface area contributed by atoms with E-state index in [1.807, 2.05) is 0 Å². The molecule has 0 saturated heterocycles. The normalized spacial score (nSPS) is 10.8. The SMILES string of the molecule is CCN(CC(=O)Nc1c(Cl)cccc1Cl)C(=O)c1c(C)nn2cccnc12. The van der Waals surface area contributed by atoms with E-state index in [1.165, 1.54) is 4.90 Å². The number of carbonyl (C=O) groups excluding carboxylic acids is 2. The van der Waals surface area contributed by atoms with Crippen LogP contribution in [-0.2, 0) is 4.79 Å². The molecule has 1 aromatic carbocycles. The topological polar surface area (TPSA) is 79.6 Å². The maximum atomic E-state index is 13.0. The largest absolute Gasteiger partial charge is 0.329 e. The number of amides is 2. The highest BCUT2D eigenvalue weighted by atomic mass is 35.5. The van der Waals surface area contributed by atoms with Crippen LogP contribution in [0, 0.1) is 6.92 Å². The molecule has 3 aromatic rings. The summed E-state index contributed by atoms with van der Waals surface area (Å²) in [5, 5.41) is 7.61. The van der Waals surface area contributed by atoms with Crippen LogP contribution in [0.2, 0.25) is 10.0 Å². The number of anilines is 1. The van der Waals surface area contributed by atoms with Crippen molar-refractivity contribution in [3.05, 3.63) is 58.0 Å². The summed E-state index contributed by atoms with van der Waals surface area (Å²) < 4.78 is 1.54. The number of hydrogen-bond donors (Lipinski definition) is 1. The number of para-hydroxylation sites is 1. The zero-order valence-corrected chi connectivity index (χ0v) is 16.3. The Morgan fingerprint density at radius 3 is 2.59 bits per heavy atom. The lowest BCUT2D eigenvalue weighted by Crippen LogP contribution is -2.38. The van der Waals surface area contributed by atoms with Gasteiger partial charge in [0.25, 0.3) is 5.91 Å². The highest BCUT2D eigenvalue weighted by molar-refractivity contribution is 6.39. The molecular weight excluding hydrogens is 389 g/mol. The highest BCUT2D eigenvalue weighted by Crippen LogP contribution is 2.29. The number of benzene rings is 1. The average molecular weight is 406 g/mol. The van der Waals surface area contributed by atoms with Gasteiger partial charge in [-0.3, -0.25) is 9.59 Å². The predicted octanol–water partition coefficient (Wildman–Crippen LogP) is 3.45. The molecule has 0 unspecified atom stereocenters. The average Bonchev–Trinajstić information content (AvgIpc) is 2.98. The quantitative estimate of drug-likeness (QED) is 0.704. The first kappa shape index (κ1) is 19.1. The molecule has 7 nitrogen and oxygen atoms in total. The predicted molar refractivity (Wildman–Crippen MR) is 104 cm³/mol. The molecule has 2 amide bonds. The van der Waals surface area contributed by atoms with E-state index in [2.05, 4.69) is 15.4 Å². The van der Waals surface area contributed by atoms with Gasteiger partial charge in [-0.15, -0.1) is 0 Å². The maximum Gasteiger partial charge on any atom is 0.260 e. The molecule has 0 spiro atoms. The molecule has 0 aliphatic heterocycles.